The quantitative estimate of drug-likeness (QED) is 0.125. The Morgan fingerprint density at radius 3 is 2.26 bits per heavy atom. The summed E-state index contributed by atoms with van der Waals surface area (Å²) in [5.41, 5.74) is 1.68. The Bertz CT molecular complexity index is 1800. The first kappa shape index (κ1) is 57.4. The number of nitrogens with zero attached hydrogens (tertiary/aromatic N) is 1. The molecule has 2 saturated heterocycles. The minimum atomic E-state index is -1.39. The Morgan fingerprint density at radius 1 is 0.853 bits per heavy atom. The molecule has 384 valence electrons. The Kier molecular flexibility index (Phi) is 23.1. The van der Waals surface area contributed by atoms with E-state index in [4.69, 9.17) is 28.4 Å². The number of allylic oxidation sites excluding steroid dienone is 6. The summed E-state index contributed by atoms with van der Waals surface area (Å²) in [4.78, 5) is 59.5. The molecule has 0 aromatic rings. The number of methoxy groups -OCH3 is 3. The molecule has 1 amide bonds. The molecule has 11 heteroatoms. The average molecular weight is 950 g/mol. The summed E-state index contributed by atoms with van der Waals surface area (Å²) < 4.78 is 37.3. The van der Waals surface area contributed by atoms with Crippen molar-refractivity contribution in [1.82, 2.24) is 4.90 Å². The zero-order chi connectivity index (χ0) is 50.3. The SMILES string of the molecule is C=C1C(OC)[C@H](C)/C(C)=C/[C@H](C)C(=O)C[C@@H](C(C)C[C@@H]2CCC(OCCC)[C@H](OC)C2)OC(=O)C2CCCCN2C(=O)C(=O)C2(C)O[C@@H](CC[C@H]2C)C[C@@H](OC)/C(C)=C/C=C/C=C/[C@@H](C)C[C@H]1C. The van der Waals surface area contributed by atoms with E-state index in [-0.39, 0.29) is 84.8 Å². The van der Waals surface area contributed by atoms with Gasteiger partial charge in [-0.3, -0.25) is 14.4 Å². The molecule has 1 aliphatic carbocycles. The van der Waals surface area contributed by atoms with Crippen LogP contribution in [0.25, 0.3) is 0 Å². The predicted octanol–water partition coefficient (Wildman–Crippen LogP) is 10.9. The number of carbonyl (C=O) groups is 4. The van der Waals surface area contributed by atoms with Crippen molar-refractivity contribution in [2.45, 2.75) is 201 Å². The van der Waals surface area contributed by atoms with Crippen LogP contribution in [0.4, 0.5) is 0 Å². The van der Waals surface area contributed by atoms with Gasteiger partial charge in [0.25, 0.3) is 11.7 Å². The van der Waals surface area contributed by atoms with Crippen LogP contribution >= 0.6 is 0 Å². The van der Waals surface area contributed by atoms with Gasteiger partial charge in [-0.15, -0.1) is 0 Å². The lowest BCUT2D eigenvalue weighted by atomic mass is 9.78. The minimum Gasteiger partial charge on any atom is -0.460 e. The third kappa shape index (κ3) is 15.4. The van der Waals surface area contributed by atoms with Crippen molar-refractivity contribution in [2.75, 3.05) is 34.5 Å². The molecule has 4 rings (SSSR count). The van der Waals surface area contributed by atoms with Crippen LogP contribution in [0.2, 0.25) is 0 Å². The van der Waals surface area contributed by atoms with E-state index in [9.17, 15) is 19.2 Å². The van der Waals surface area contributed by atoms with Crippen molar-refractivity contribution in [2.24, 2.45) is 41.4 Å². The molecule has 2 bridgehead atoms. The molecule has 0 N–H and O–H groups in total. The molecule has 0 aromatic carbocycles. The van der Waals surface area contributed by atoms with Crippen LogP contribution in [0.15, 0.2) is 59.8 Å². The van der Waals surface area contributed by atoms with E-state index >= 15 is 0 Å². The molecule has 4 aliphatic rings. The number of rotatable bonds is 9. The first-order chi connectivity index (χ1) is 32.3. The first-order valence-electron chi connectivity index (χ1n) is 26.1. The topological polar surface area (TPSA) is 127 Å². The van der Waals surface area contributed by atoms with E-state index in [1.54, 1.807) is 28.3 Å². The standard InChI is InChI=1S/C57H91NO10/c1-15-29-66-49-27-25-45(33-52(49)64-13)32-41(7)51-35-48(59)40(6)31-39(5)44(10)53(65-14)43(9)38(4)30-36(2)21-17-16-18-22-37(3)50(63-12)34-46-26-24-42(8)57(11,68-46)54(60)55(61)58-28-20-19-23-47(58)56(62)67-51/h16-18,21-22,31,36,38,40-42,44-47,49-53H,9,15,19-20,23-30,32-35H2,1-8,10-14H3/b18-16+,21-17+,37-22+,39-31+/t36-,38-,40+,41?,42-,44-,45+,46+,47?,49?,50-,51+,52-,53?,57?/m1/s1. The molecular formula is C57H91NO10. The van der Waals surface area contributed by atoms with E-state index in [1.807, 2.05) is 52.0 Å². The molecule has 68 heavy (non-hydrogen) atoms. The second-order valence-corrected chi connectivity index (χ2v) is 21.4. The third-order valence-electron chi connectivity index (χ3n) is 16.1. The maximum Gasteiger partial charge on any atom is 0.329 e. The smallest absolute Gasteiger partial charge is 0.329 e. The van der Waals surface area contributed by atoms with Crippen molar-refractivity contribution in [3.05, 3.63) is 59.8 Å². The second kappa shape index (κ2) is 27.4. The molecule has 15 atom stereocenters. The fourth-order valence-electron chi connectivity index (χ4n) is 11.2. The summed E-state index contributed by atoms with van der Waals surface area (Å²) in [6.07, 6.45) is 19.7. The highest BCUT2D eigenvalue weighted by molar-refractivity contribution is 6.39. The molecule has 0 spiro atoms. The number of hydrogen-bond donors (Lipinski definition) is 0. The van der Waals surface area contributed by atoms with Crippen molar-refractivity contribution < 1.29 is 47.6 Å². The molecule has 0 aromatic heterocycles. The minimum absolute atomic E-state index is 0.0223. The number of carbonyl (C=O) groups excluding carboxylic acids is 4. The van der Waals surface area contributed by atoms with E-state index in [1.165, 1.54) is 4.90 Å². The maximum atomic E-state index is 14.6. The third-order valence-corrected chi connectivity index (χ3v) is 16.1. The van der Waals surface area contributed by atoms with Gasteiger partial charge in [-0.25, -0.2) is 4.79 Å². The van der Waals surface area contributed by atoms with E-state index in [2.05, 4.69) is 53.3 Å². The van der Waals surface area contributed by atoms with Crippen LogP contribution in [-0.4, -0.2) is 111 Å². The lowest BCUT2D eigenvalue weighted by Crippen LogP contribution is -2.59. The fraction of sp³-hybridized carbons (Fsp3) is 0.754. The highest BCUT2D eigenvalue weighted by Crippen LogP contribution is 2.39. The fourth-order valence-corrected chi connectivity index (χ4v) is 11.2. The van der Waals surface area contributed by atoms with E-state index in [0.29, 0.717) is 38.7 Å². The summed E-state index contributed by atoms with van der Waals surface area (Å²) >= 11 is 0. The first-order valence-corrected chi connectivity index (χ1v) is 26.1. The normalized spacial score (nSPS) is 39.2. The molecule has 3 aliphatic heterocycles. The van der Waals surface area contributed by atoms with Gasteiger partial charge in [-0.2, -0.15) is 0 Å². The molecule has 0 radical (unpaired) electrons. The lowest BCUT2D eigenvalue weighted by Gasteiger charge is -2.44. The monoisotopic (exact) mass is 950 g/mol. The number of cyclic esters (lactones) is 1. The van der Waals surface area contributed by atoms with Crippen LogP contribution < -0.4 is 0 Å². The summed E-state index contributed by atoms with van der Waals surface area (Å²) in [5.74, 6) is -2.11. The lowest BCUT2D eigenvalue weighted by molar-refractivity contribution is -0.184. The molecular weight excluding hydrogens is 859 g/mol. The number of ether oxygens (including phenoxy) is 6. The zero-order valence-corrected chi connectivity index (χ0v) is 44.4. The summed E-state index contributed by atoms with van der Waals surface area (Å²) in [6.45, 7) is 25.8. The van der Waals surface area contributed by atoms with E-state index in [0.717, 1.165) is 61.7 Å². The Labute approximate surface area is 411 Å². The molecule has 11 nitrogen and oxygen atoms in total. The number of fused-ring (bicyclic) bond motifs is 3. The Morgan fingerprint density at radius 2 is 1.59 bits per heavy atom. The van der Waals surface area contributed by atoms with Crippen LogP contribution in [-0.2, 0) is 47.6 Å². The largest absolute Gasteiger partial charge is 0.460 e. The van der Waals surface area contributed by atoms with Crippen LogP contribution in [0.1, 0.15) is 153 Å². The summed E-state index contributed by atoms with van der Waals surface area (Å²) in [7, 11) is 5.14. The summed E-state index contributed by atoms with van der Waals surface area (Å²) in [5, 5.41) is 0. The van der Waals surface area contributed by atoms with Crippen molar-refractivity contribution in [3.63, 3.8) is 0 Å². The second-order valence-electron chi connectivity index (χ2n) is 21.4. The van der Waals surface area contributed by atoms with Gasteiger partial charge in [-0.1, -0.05) is 97.1 Å². The van der Waals surface area contributed by atoms with Gasteiger partial charge >= 0.3 is 5.97 Å². The van der Waals surface area contributed by atoms with Crippen LogP contribution in [0.3, 0.4) is 0 Å². The number of ketones is 2. The number of piperidine rings is 1. The maximum absolute atomic E-state index is 14.6. The van der Waals surface area contributed by atoms with Gasteiger partial charge in [0.1, 0.15) is 23.5 Å². The average Bonchev–Trinajstić information content (AvgIpc) is 3.32. The number of Topliss-reactive ketones (excluding diaryl/α,β-unsaturated/α-hetero) is 2. The van der Waals surface area contributed by atoms with Crippen molar-refractivity contribution >= 4 is 23.4 Å². The summed E-state index contributed by atoms with van der Waals surface area (Å²) in [6, 6.07) is -0.957. The Hall–Kier alpha value is -3.22. The number of hydrogen-bond acceptors (Lipinski definition) is 10. The van der Waals surface area contributed by atoms with Gasteiger partial charge in [0.05, 0.1) is 30.5 Å². The predicted molar refractivity (Wildman–Crippen MR) is 270 cm³/mol. The van der Waals surface area contributed by atoms with Gasteiger partial charge < -0.3 is 33.3 Å². The highest BCUT2D eigenvalue weighted by atomic mass is 16.6. The molecule has 3 fully saturated rings. The van der Waals surface area contributed by atoms with Gasteiger partial charge in [0.15, 0.2) is 0 Å². The highest BCUT2D eigenvalue weighted by Gasteiger charge is 2.51. The molecule has 5 unspecified atom stereocenters. The van der Waals surface area contributed by atoms with Crippen molar-refractivity contribution in [1.29, 1.82) is 0 Å². The van der Waals surface area contributed by atoms with Crippen molar-refractivity contribution in [3.8, 4) is 0 Å². The molecule has 3 heterocycles. The molecule has 1 saturated carbocycles. The van der Waals surface area contributed by atoms with Crippen LogP contribution in [0, 0.1) is 41.4 Å². The van der Waals surface area contributed by atoms with Gasteiger partial charge in [0.2, 0.25) is 0 Å². The van der Waals surface area contributed by atoms with E-state index < -0.39 is 41.3 Å². The Balaban J connectivity index is 1.70. The number of amides is 1. The number of esters is 1. The zero-order valence-electron chi connectivity index (χ0n) is 44.4. The van der Waals surface area contributed by atoms with Crippen LogP contribution in [0.5, 0.6) is 0 Å². The van der Waals surface area contributed by atoms with Gasteiger partial charge in [-0.05, 0) is 132 Å². The van der Waals surface area contributed by atoms with Gasteiger partial charge in [0, 0.05) is 59.2 Å².